The molecule has 6 heteroatoms. The molecule has 22 heavy (non-hydrogen) atoms. The molecule has 1 heterocycles. The molecule has 6 nitrogen and oxygen atoms in total. The molecule has 0 saturated carbocycles. The van der Waals surface area contributed by atoms with Crippen LogP contribution in [0.4, 0.5) is 5.82 Å². The highest BCUT2D eigenvalue weighted by Gasteiger charge is 2.10. The van der Waals surface area contributed by atoms with Crippen LogP contribution in [0.15, 0.2) is 42.6 Å². The molecule has 1 N–H and O–H groups in total. The van der Waals surface area contributed by atoms with E-state index < -0.39 is 0 Å². The predicted molar refractivity (Wildman–Crippen MR) is 81.4 cm³/mol. The molecule has 0 unspecified atom stereocenters. The van der Waals surface area contributed by atoms with Crippen molar-refractivity contribution in [2.45, 2.75) is 6.92 Å². The number of carbonyl (C=O) groups excluding carboxylic acids is 2. The minimum Gasteiger partial charge on any atom is -0.493 e. The first-order valence-electron chi connectivity index (χ1n) is 6.63. The smallest absolute Gasteiger partial charge is 0.263 e. The lowest BCUT2D eigenvalue weighted by Crippen LogP contribution is -2.20. The molecule has 114 valence electrons. The number of anilines is 1. The number of benzene rings is 1. The molecule has 0 radical (unpaired) electrons. The van der Waals surface area contributed by atoms with Gasteiger partial charge in [-0.15, -0.1) is 0 Å². The Labute approximate surface area is 128 Å². The Balaban J connectivity index is 1.99. The second kappa shape index (κ2) is 7.21. The van der Waals surface area contributed by atoms with E-state index in [0.29, 0.717) is 22.9 Å². The van der Waals surface area contributed by atoms with E-state index in [0.717, 1.165) is 0 Å². The fourth-order valence-electron chi connectivity index (χ4n) is 1.76. The second-order valence-electron chi connectivity index (χ2n) is 4.47. The number of carbonyl (C=O) groups is 2. The number of nitrogens with zero attached hydrogens (tertiary/aromatic N) is 1. The summed E-state index contributed by atoms with van der Waals surface area (Å²) >= 11 is 0. The van der Waals surface area contributed by atoms with Gasteiger partial charge in [-0.2, -0.15) is 0 Å². The Kier molecular flexibility index (Phi) is 5.08. The third-order valence-electron chi connectivity index (χ3n) is 2.86. The van der Waals surface area contributed by atoms with Crippen LogP contribution in [-0.2, 0) is 4.79 Å². The maximum Gasteiger partial charge on any atom is 0.263 e. The number of rotatable bonds is 6. The van der Waals surface area contributed by atoms with Crippen molar-refractivity contribution in [2.24, 2.45) is 0 Å². The molecule has 1 aromatic heterocycles. The largest absolute Gasteiger partial charge is 0.493 e. The monoisotopic (exact) mass is 300 g/mol. The number of pyridine rings is 1. The van der Waals surface area contributed by atoms with E-state index in [-0.39, 0.29) is 18.3 Å². The number of amides is 1. The lowest BCUT2D eigenvalue weighted by atomic mass is 10.1. The first kappa shape index (κ1) is 15.5. The summed E-state index contributed by atoms with van der Waals surface area (Å²) in [6, 6.07) is 10.0. The molecule has 0 atom stereocenters. The molecule has 0 aliphatic heterocycles. The van der Waals surface area contributed by atoms with Crippen LogP contribution in [-0.4, -0.2) is 30.4 Å². The molecule has 1 aromatic carbocycles. The Morgan fingerprint density at radius 1 is 1.18 bits per heavy atom. The fourth-order valence-corrected chi connectivity index (χ4v) is 1.76. The Morgan fingerprint density at radius 2 is 2.00 bits per heavy atom. The summed E-state index contributed by atoms with van der Waals surface area (Å²) < 4.78 is 10.6. The summed E-state index contributed by atoms with van der Waals surface area (Å²) in [6.45, 7) is 1.28. The zero-order valence-corrected chi connectivity index (χ0v) is 12.3. The molecule has 2 rings (SSSR count). The Morgan fingerprint density at radius 3 is 2.64 bits per heavy atom. The van der Waals surface area contributed by atoms with Gasteiger partial charge in [-0.3, -0.25) is 9.59 Å². The average molecular weight is 300 g/mol. The van der Waals surface area contributed by atoms with Crippen LogP contribution in [0.3, 0.4) is 0 Å². The van der Waals surface area contributed by atoms with Gasteiger partial charge in [0.2, 0.25) is 0 Å². The van der Waals surface area contributed by atoms with E-state index in [9.17, 15) is 9.59 Å². The third kappa shape index (κ3) is 4.05. The van der Waals surface area contributed by atoms with Gasteiger partial charge in [0.15, 0.2) is 23.9 Å². The van der Waals surface area contributed by atoms with E-state index >= 15 is 0 Å². The molecular weight excluding hydrogens is 284 g/mol. The summed E-state index contributed by atoms with van der Waals surface area (Å²) in [4.78, 5) is 27.1. The van der Waals surface area contributed by atoms with Gasteiger partial charge in [-0.1, -0.05) is 6.07 Å². The van der Waals surface area contributed by atoms with Crippen molar-refractivity contribution < 1.29 is 19.1 Å². The lowest BCUT2D eigenvalue weighted by molar-refractivity contribution is -0.118. The topological polar surface area (TPSA) is 77.5 Å². The maximum atomic E-state index is 11.8. The second-order valence-corrected chi connectivity index (χ2v) is 4.47. The maximum absolute atomic E-state index is 11.8. The van der Waals surface area contributed by atoms with Crippen molar-refractivity contribution in [3.8, 4) is 11.5 Å². The summed E-state index contributed by atoms with van der Waals surface area (Å²) in [5, 5.41) is 2.61. The third-order valence-corrected chi connectivity index (χ3v) is 2.86. The van der Waals surface area contributed by atoms with E-state index in [1.807, 2.05) is 0 Å². The average Bonchev–Trinajstić information content (AvgIpc) is 2.53. The number of ketones is 1. The molecule has 2 aromatic rings. The van der Waals surface area contributed by atoms with Crippen LogP contribution >= 0.6 is 0 Å². The number of ether oxygens (including phenoxy) is 2. The first-order chi connectivity index (χ1) is 10.6. The van der Waals surface area contributed by atoms with Crippen LogP contribution < -0.4 is 14.8 Å². The van der Waals surface area contributed by atoms with Gasteiger partial charge in [-0.25, -0.2) is 4.98 Å². The van der Waals surface area contributed by atoms with Crippen LogP contribution in [0.5, 0.6) is 11.5 Å². The van der Waals surface area contributed by atoms with Crippen molar-refractivity contribution >= 4 is 17.5 Å². The number of hydrogen-bond donors (Lipinski definition) is 1. The van der Waals surface area contributed by atoms with Crippen molar-refractivity contribution in [1.29, 1.82) is 0 Å². The van der Waals surface area contributed by atoms with E-state index in [1.54, 1.807) is 42.6 Å². The molecule has 0 saturated heterocycles. The van der Waals surface area contributed by atoms with Crippen LogP contribution in [0.1, 0.15) is 17.3 Å². The van der Waals surface area contributed by atoms with E-state index in [4.69, 9.17) is 9.47 Å². The van der Waals surface area contributed by atoms with Crippen LogP contribution in [0.2, 0.25) is 0 Å². The highest BCUT2D eigenvalue weighted by atomic mass is 16.5. The standard InChI is InChI=1S/C16H16N2O4/c1-11(19)12-6-7-13(14(9-12)21-2)22-10-16(20)18-15-5-3-4-8-17-15/h3-9H,10H2,1-2H3,(H,17,18,20). The van der Waals surface area contributed by atoms with Gasteiger partial charge >= 0.3 is 0 Å². The molecule has 0 spiro atoms. The van der Waals surface area contributed by atoms with Crippen LogP contribution in [0, 0.1) is 0 Å². The van der Waals surface area contributed by atoms with Gasteiger partial charge in [0.1, 0.15) is 5.82 Å². The fraction of sp³-hybridized carbons (Fsp3) is 0.188. The van der Waals surface area contributed by atoms with E-state index in [2.05, 4.69) is 10.3 Å². The van der Waals surface area contributed by atoms with Gasteiger partial charge in [0, 0.05) is 11.8 Å². The highest BCUT2D eigenvalue weighted by molar-refractivity contribution is 5.94. The summed E-state index contributed by atoms with van der Waals surface area (Å²) in [7, 11) is 1.47. The first-order valence-corrected chi connectivity index (χ1v) is 6.63. The highest BCUT2D eigenvalue weighted by Crippen LogP contribution is 2.28. The van der Waals surface area contributed by atoms with Gasteiger partial charge < -0.3 is 14.8 Å². The minimum atomic E-state index is -0.337. The van der Waals surface area contributed by atoms with Gasteiger partial charge in [0.05, 0.1) is 7.11 Å². The van der Waals surface area contributed by atoms with Gasteiger partial charge in [0.25, 0.3) is 5.91 Å². The molecule has 1 amide bonds. The van der Waals surface area contributed by atoms with Crippen molar-refractivity contribution in [1.82, 2.24) is 4.98 Å². The van der Waals surface area contributed by atoms with E-state index in [1.165, 1.54) is 14.0 Å². The molecule has 0 aliphatic rings. The Bertz CT molecular complexity index is 671. The lowest BCUT2D eigenvalue weighted by Gasteiger charge is -2.11. The zero-order chi connectivity index (χ0) is 15.9. The molecule has 0 bridgehead atoms. The summed E-state index contributed by atoms with van der Waals surface area (Å²) in [5.74, 6) is 0.839. The summed E-state index contributed by atoms with van der Waals surface area (Å²) in [5.41, 5.74) is 0.516. The SMILES string of the molecule is COc1cc(C(C)=O)ccc1OCC(=O)Nc1ccccn1. The minimum absolute atomic E-state index is 0.0715. The molecule has 0 fully saturated rings. The van der Waals surface area contributed by atoms with Crippen molar-refractivity contribution in [2.75, 3.05) is 19.0 Å². The number of methoxy groups -OCH3 is 1. The summed E-state index contributed by atoms with van der Waals surface area (Å²) in [6.07, 6.45) is 1.58. The van der Waals surface area contributed by atoms with Crippen molar-refractivity contribution in [3.05, 3.63) is 48.2 Å². The normalized spacial score (nSPS) is 9.91. The van der Waals surface area contributed by atoms with Crippen LogP contribution in [0.25, 0.3) is 0 Å². The number of nitrogens with one attached hydrogen (secondary N) is 1. The quantitative estimate of drug-likeness (QED) is 0.828. The molecular formula is C16H16N2O4. The predicted octanol–water partition coefficient (Wildman–Crippen LogP) is 2.31. The zero-order valence-electron chi connectivity index (χ0n) is 12.3. The molecule has 0 aliphatic carbocycles. The van der Waals surface area contributed by atoms with Crippen molar-refractivity contribution in [3.63, 3.8) is 0 Å². The number of hydrogen-bond acceptors (Lipinski definition) is 5. The Hall–Kier alpha value is -2.89. The number of Topliss-reactive ketones (excluding diaryl/α,β-unsaturated/α-hetero) is 1. The number of aromatic nitrogens is 1. The van der Waals surface area contributed by atoms with Gasteiger partial charge in [-0.05, 0) is 37.3 Å².